The van der Waals surface area contributed by atoms with Gasteiger partial charge in [0.2, 0.25) is 0 Å². The molecule has 5 heteroatoms. The number of benzene rings is 7. The summed E-state index contributed by atoms with van der Waals surface area (Å²) in [7, 11) is 0. The van der Waals surface area contributed by atoms with Crippen molar-refractivity contribution >= 4 is 66.8 Å². The average molecular weight is 603 g/mol. The first-order chi connectivity index (χ1) is 23.2. The minimum Gasteiger partial charge on any atom is -0.456 e. The molecule has 0 unspecified atom stereocenters. The lowest BCUT2D eigenvalue weighted by Gasteiger charge is -2.27. The van der Waals surface area contributed by atoms with Crippen molar-refractivity contribution in [2.75, 3.05) is 9.80 Å². The van der Waals surface area contributed by atoms with E-state index in [1.165, 1.54) is 0 Å². The molecule has 1 heterocycles. The van der Waals surface area contributed by atoms with Crippen molar-refractivity contribution in [3.05, 3.63) is 169 Å². The van der Waals surface area contributed by atoms with Gasteiger partial charge in [-0.05, 0) is 90.3 Å². The van der Waals surface area contributed by atoms with Gasteiger partial charge in [0, 0.05) is 56.7 Å². The van der Waals surface area contributed by atoms with Crippen molar-refractivity contribution in [1.29, 1.82) is 10.5 Å². The molecule has 47 heavy (non-hydrogen) atoms. The first-order valence-corrected chi connectivity index (χ1v) is 15.3. The molecule has 0 saturated heterocycles. The SMILES string of the molecule is N#Cc1ccc(N(c2ccccc2)c2ccc3c(c2)oc2cc(N(c4ccccc4)c4ccc(C#N)cc4)c4ccccc4c23)cc1. The van der Waals surface area contributed by atoms with Gasteiger partial charge in [-0.25, -0.2) is 0 Å². The number of furan rings is 1. The van der Waals surface area contributed by atoms with Gasteiger partial charge in [0.25, 0.3) is 0 Å². The van der Waals surface area contributed by atoms with E-state index in [2.05, 4.69) is 94.7 Å². The fourth-order valence-corrected chi connectivity index (χ4v) is 6.33. The van der Waals surface area contributed by atoms with E-state index in [0.29, 0.717) is 11.1 Å². The molecule has 0 aliphatic carbocycles. The number of nitrogens with zero attached hydrogens (tertiary/aromatic N) is 4. The Morgan fingerprint density at radius 1 is 0.404 bits per heavy atom. The lowest BCUT2D eigenvalue weighted by atomic mass is 10.0. The molecule has 0 aliphatic heterocycles. The van der Waals surface area contributed by atoms with E-state index >= 15 is 0 Å². The lowest BCUT2D eigenvalue weighted by Crippen LogP contribution is -2.10. The molecule has 0 bridgehead atoms. The predicted molar refractivity (Wildman–Crippen MR) is 190 cm³/mol. The highest BCUT2D eigenvalue weighted by Crippen LogP contribution is 2.45. The largest absolute Gasteiger partial charge is 0.456 e. The number of para-hydroxylation sites is 2. The standard InChI is InChI=1S/C42H26N4O/c43-27-29-15-19-33(20-16-29)45(31-9-3-1-4-10-31)35-23-24-38-40(25-35)47-41-26-39(36-13-7-8-14-37(36)42(38)41)46(32-11-5-2-6-12-32)34-21-17-30(28-44)18-22-34/h1-26H. The van der Waals surface area contributed by atoms with Crippen molar-refractivity contribution in [2.45, 2.75) is 0 Å². The Morgan fingerprint density at radius 2 is 0.894 bits per heavy atom. The molecule has 220 valence electrons. The Kier molecular flexibility index (Phi) is 6.84. The first kappa shape index (κ1) is 27.7. The van der Waals surface area contributed by atoms with Crippen LogP contribution in [0.15, 0.2) is 162 Å². The smallest absolute Gasteiger partial charge is 0.138 e. The number of hydrogen-bond donors (Lipinski definition) is 0. The summed E-state index contributed by atoms with van der Waals surface area (Å²) < 4.78 is 6.72. The predicted octanol–water partition coefficient (Wildman–Crippen LogP) is 11.4. The molecule has 1 aromatic heterocycles. The van der Waals surface area contributed by atoms with Gasteiger partial charge in [-0.1, -0.05) is 60.7 Å². The maximum absolute atomic E-state index is 9.44. The third kappa shape index (κ3) is 4.90. The van der Waals surface area contributed by atoms with Gasteiger partial charge in [-0.2, -0.15) is 10.5 Å². The first-order valence-electron chi connectivity index (χ1n) is 15.3. The van der Waals surface area contributed by atoms with Crippen LogP contribution in [0.5, 0.6) is 0 Å². The summed E-state index contributed by atoms with van der Waals surface area (Å²) in [5.41, 5.74) is 8.60. The van der Waals surface area contributed by atoms with Crippen molar-refractivity contribution in [1.82, 2.24) is 0 Å². The van der Waals surface area contributed by atoms with Crippen LogP contribution in [0.1, 0.15) is 11.1 Å². The van der Waals surface area contributed by atoms with Gasteiger partial charge in [-0.3, -0.25) is 0 Å². The van der Waals surface area contributed by atoms with E-state index in [1.807, 2.05) is 84.9 Å². The molecule has 0 radical (unpaired) electrons. The van der Waals surface area contributed by atoms with Crippen LogP contribution >= 0.6 is 0 Å². The van der Waals surface area contributed by atoms with Crippen LogP contribution in [0.25, 0.3) is 32.7 Å². The van der Waals surface area contributed by atoms with E-state index in [9.17, 15) is 10.5 Å². The third-order valence-electron chi connectivity index (χ3n) is 8.48. The van der Waals surface area contributed by atoms with E-state index in [0.717, 1.165) is 66.8 Å². The zero-order valence-electron chi connectivity index (χ0n) is 25.2. The Balaban J connectivity index is 1.34. The zero-order chi connectivity index (χ0) is 31.7. The lowest BCUT2D eigenvalue weighted by molar-refractivity contribution is 0.669. The summed E-state index contributed by atoms with van der Waals surface area (Å²) in [6.45, 7) is 0. The molecule has 0 fully saturated rings. The fraction of sp³-hybridized carbons (Fsp3) is 0. The van der Waals surface area contributed by atoms with Crippen LogP contribution in [0, 0.1) is 22.7 Å². The number of nitriles is 2. The number of hydrogen-bond acceptors (Lipinski definition) is 5. The monoisotopic (exact) mass is 602 g/mol. The molecule has 8 aromatic rings. The molecule has 0 spiro atoms. The second-order valence-corrected chi connectivity index (χ2v) is 11.3. The normalized spacial score (nSPS) is 10.9. The second-order valence-electron chi connectivity index (χ2n) is 11.3. The Morgan fingerprint density at radius 3 is 1.49 bits per heavy atom. The van der Waals surface area contributed by atoms with Crippen molar-refractivity contribution in [2.24, 2.45) is 0 Å². The summed E-state index contributed by atoms with van der Waals surface area (Å²) in [4.78, 5) is 4.38. The Bertz CT molecular complexity index is 2470. The number of fused-ring (bicyclic) bond motifs is 5. The Hall–Kier alpha value is -6.82. The number of anilines is 6. The minimum absolute atomic E-state index is 0.612. The summed E-state index contributed by atoms with van der Waals surface area (Å²) >= 11 is 0. The molecule has 0 aliphatic rings. The van der Waals surface area contributed by atoms with Crippen molar-refractivity contribution < 1.29 is 4.42 Å². The number of rotatable bonds is 6. The third-order valence-corrected chi connectivity index (χ3v) is 8.48. The van der Waals surface area contributed by atoms with Crippen molar-refractivity contribution in [3.63, 3.8) is 0 Å². The highest BCUT2D eigenvalue weighted by Gasteiger charge is 2.21. The molecule has 0 N–H and O–H groups in total. The summed E-state index contributed by atoms with van der Waals surface area (Å²) in [6, 6.07) is 57.0. The molecular formula is C42H26N4O. The highest BCUT2D eigenvalue weighted by molar-refractivity contribution is 6.22. The second kappa shape index (κ2) is 11.6. The molecule has 8 rings (SSSR count). The van der Waals surface area contributed by atoms with E-state index in [1.54, 1.807) is 0 Å². The summed E-state index contributed by atoms with van der Waals surface area (Å²) in [5.74, 6) is 0. The van der Waals surface area contributed by atoms with Crippen LogP contribution in [0.2, 0.25) is 0 Å². The van der Waals surface area contributed by atoms with E-state index < -0.39 is 0 Å². The summed E-state index contributed by atoms with van der Waals surface area (Å²) in [5, 5.41) is 23.1. The molecular weight excluding hydrogens is 576 g/mol. The molecule has 0 amide bonds. The molecule has 0 saturated carbocycles. The van der Waals surface area contributed by atoms with E-state index in [4.69, 9.17) is 4.42 Å². The average Bonchev–Trinajstić information content (AvgIpc) is 3.51. The van der Waals surface area contributed by atoms with E-state index in [-0.39, 0.29) is 0 Å². The maximum atomic E-state index is 9.44. The van der Waals surface area contributed by atoms with Gasteiger partial charge >= 0.3 is 0 Å². The van der Waals surface area contributed by atoms with Gasteiger partial charge in [0.15, 0.2) is 0 Å². The summed E-state index contributed by atoms with van der Waals surface area (Å²) in [6.07, 6.45) is 0. The van der Waals surface area contributed by atoms with Gasteiger partial charge in [0.05, 0.1) is 29.0 Å². The Labute approximate surface area is 272 Å². The van der Waals surface area contributed by atoms with Crippen LogP contribution in [0.4, 0.5) is 34.1 Å². The fourth-order valence-electron chi connectivity index (χ4n) is 6.33. The van der Waals surface area contributed by atoms with Gasteiger partial charge < -0.3 is 14.2 Å². The van der Waals surface area contributed by atoms with Crippen molar-refractivity contribution in [3.8, 4) is 12.1 Å². The molecule has 5 nitrogen and oxygen atoms in total. The topological polar surface area (TPSA) is 67.2 Å². The molecule has 7 aromatic carbocycles. The quantitative estimate of drug-likeness (QED) is 0.189. The van der Waals surface area contributed by atoms with Gasteiger partial charge in [0.1, 0.15) is 11.2 Å². The minimum atomic E-state index is 0.612. The van der Waals surface area contributed by atoms with Gasteiger partial charge in [-0.15, -0.1) is 0 Å². The van der Waals surface area contributed by atoms with Crippen LogP contribution < -0.4 is 9.80 Å². The van der Waals surface area contributed by atoms with Crippen LogP contribution in [-0.4, -0.2) is 0 Å². The maximum Gasteiger partial charge on any atom is 0.138 e. The highest BCUT2D eigenvalue weighted by atomic mass is 16.3. The zero-order valence-corrected chi connectivity index (χ0v) is 25.2. The van der Waals surface area contributed by atoms with Crippen LogP contribution in [0.3, 0.4) is 0 Å². The van der Waals surface area contributed by atoms with Crippen LogP contribution in [-0.2, 0) is 0 Å². The molecule has 0 atom stereocenters.